The molecule has 0 radical (unpaired) electrons. The monoisotopic (exact) mass is 480 g/mol. The van der Waals surface area contributed by atoms with Gasteiger partial charge in [0.1, 0.15) is 22.7 Å². The first-order valence-electron chi connectivity index (χ1n) is 11.6. The van der Waals surface area contributed by atoms with E-state index in [9.17, 15) is 4.39 Å². The molecule has 4 aromatic rings. The molecule has 1 fully saturated rings. The number of aromatic nitrogens is 4. The number of fused-ring (bicyclic) bond motifs is 1. The zero-order valence-electron chi connectivity index (χ0n) is 19.2. The summed E-state index contributed by atoms with van der Waals surface area (Å²) in [6.45, 7) is 7.43. The van der Waals surface area contributed by atoms with Gasteiger partial charge in [-0.05, 0) is 42.8 Å². The molecule has 4 N–H and O–H groups in total. The van der Waals surface area contributed by atoms with Crippen molar-refractivity contribution < 1.29 is 4.39 Å². The van der Waals surface area contributed by atoms with E-state index >= 15 is 0 Å². The Kier molecular flexibility index (Phi) is 6.55. The first kappa shape index (κ1) is 22.9. The zero-order valence-corrected chi connectivity index (χ0v) is 20.0. The van der Waals surface area contributed by atoms with E-state index in [1.807, 2.05) is 22.0 Å². The normalized spacial score (nSPS) is 15.8. The molecule has 1 aromatic carbocycles. The molecule has 10 heteroatoms. The van der Waals surface area contributed by atoms with Crippen LogP contribution in [0.15, 0.2) is 41.8 Å². The van der Waals surface area contributed by atoms with Crippen LogP contribution in [-0.4, -0.2) is 63.8 Å². The molecule has 1 aliphatic rings. The molecule has 8 nitrogen and oxygen atoms in total. The van der Waals surface area contributed by atoms with E-state index in [4.69, 9.17) is 26.5 Å². The minimum atomic E-state index is -0.465. The zero-order chi connectivity index (χ0) is 23.7. The van der Waals surface area contributed by atoms with Crippen molar-refractivity contribution in [1.29, 1.82) is 0 Å². The number of hydrogen-bond donors (Lipinski definition) is 2. The van der Waals surface area contributed by atoms with E-state index < -0.39 is 6.04 Å². The molecule has 1 unspecified atom stereocenters. The number of aryl methyl sites for hydroxylation is 1. The lowest BCUT2D eigenvalue weighted by molar-refractivity contribution is 0.264. The second kappa shape index (κ2) is 9.75. The maximum absolute atomic E-state index is 13.3. The summed E-state index contributed by atoms with van der Waals surface area (Å²) in [5, 5.41) is 7.68. The van der Waals surface area contributed by atoms with Crippen LogP contribution in [0.1, 0.15) is 29.4 Å². The largest absolute Gasteiger partial charge is 0.353 e. The summed E-state index contributed by atoms with van der Waals surface area (Å²) < 4.78 is 15.2. The van der Waals surface area contributed by atoms with Gasteiger partial charge < -0.3 is 16.4 Å². The smallest absolute Gasteiger partial charge is 0.154 e. The van der Waals surface area contributed by atoms with Gasteiger partial charge in [0, 0.05) is 50.2 Å². The Morgan fingerprint density at radius 3 is 2.53 bits per heavy atom. The number of imidazole rings is 1. The average molecular weight is 481 g/mol. The molecule has 1 aliphatic heterocycles. The lowest BCUT2D eigenvalue weighted by atomic mass is 10.1. The van der Waals surface area contributed by atoms with Crippen LogP contribution in [0.25, 0.3) is 16.9 Å². The van der Waals surface area contributed by atoms with Gasteiger partial charge in [0.15, 0.2) is 5.65 Å². The summed E-state index contributed by atoms with van der Waals surface area (Å²) >= 11 is 1.49. The Bertz CT molecular complexity index is 1260. The van der Waals surface area contributed by atoms with E-state index in [1.54, 1.807) is 12.1 Å². The maximum Gasteiger partial charge on any atom is 0.154 e. The van der Waals surface area contributed by atoms with Gasteiger partial charge >= 0.3 is 0 Å². The molecule has 0 bridgehead atoms. The molecule has 178 valence electrons. The minimum absolute atomic E-state index is 0.267. The molecule has 0 aliphatic carbocycles. The van der Waals surface area contributed by atoms with Gasteiger partial charge in [0.05, 0.1) is 17.1 Å². The quantitative estimate of drug-likeness (QED) is 0.419. The van der Waals surface area contributed by atoms with Crippen molar-refractivity contribution in [3.05, 3.63) is 64.0 Å². The molecule has 1 saturated heterocycles. The fourth-order valence-electron chi connectivity index (χ4n) is 4.41. The molecule has 0 amide bonds. The summed E-state index contributed by atoms with van der Waals surface area (Å²) in [5.41, 5.74) is 16.7. The third-order valence-corrected chi connectivity index (χ3v) is 7.20. The van der Waals surface area contributed by atoms with E-state index in [0.717, 1.165) is 78.3 Å². The van der Waals surface area contributed by atoms with Crippen LogP contribution >= 0.6 is 11.3 Å². The molecule has 0 saturated carbocycles. The number of hydrogen-bond acceptors (Lipinski definition) is 8. The van der Waals surface area contributed by atoms with Gasteiger partial charge in [-0.3, -0.25) is 4.90 Å². The highest BCUT2D eigenvalue weighted by Crippen LogP contribution is 2.30. The summed E-state index contributed by atoms with van der Waals surface area (Å²) in [6.07, 6.45) is 0.746. The Morgan fingerprint density at radius 1 is 1.06 bits per heavy atom. The first-order chi connectivity index (χ1) is 16.6. The van der Waals surface area contributed by atoms with Gasteiger partial charge in [-0.25, -0.2) is 18.9 Å². The van der Waals surface area contributed by atoms with Crippen LogP contribution in [0.4, 0.5) is 10.2 Å². The summed E-state index contributed by atoms with van der Waals surface area (Å²) in [7, 11) is 0. The van der Waals surface area contributed by atoms with E-state index in [2.05, 4.69) is 16.7 Å². The average Bonchev–Trinajstić information content (AvgIpc) is 3.49. The molecule has 4 heterocycles. The number of thiazole rings is 1. The fraction of sp³-hybridized carbons (Fsp3) is 0.375. The van der Waals surface area contributed by atoms with E-state index in [-0.39, 0.29) is 5.82 Å². The second-order valence-corrected chi connectivity index (χ2v) is 9.32. The molecule has 3 aromatic heterocycles. The number of halogens is 1. The molecule has 0 spiro atoms. The summed E-state index contributed by atoms with van der Waals surface area (Å²) in [4.78, 5) is 14.2. The van der Waals surface area contributed by atoms with Crippen LogP contribution in [0, 0.1) is 5.82 Å². The summed E-state index contributed by atoms with van der Waals surface area (Å²) in [6, 6.07) is 9.92. The SMILES string of the molecule is CCc1nc2ccc(N3CCN(CCN)CC3)nn2c1C(N)c1nc(-c2ccc(F)cc2)cs1. The third-order valence-electron chi connectivity index (χ3n) is 6.27. The molecule has 5 rings (SSSR count). The highest BCUT2D eigenvalue weighted by Gasteiger charge is 2.24. The lowest BCUT2D eigenvalue weighted by Gasteiger charge is -2.35. The molecule has 34 heavy (non-hydrogen) atoms. The number of piperazine rings is 1. The number of anilines is 1. The Balaban J connectivity index is 1.45. The topological polar surface area (TPSA) is 102 Å². The van der Waals surface area contributed by atoms with Crippen molar-refractivity contribution in [1.82, 2.24) is 24.5 Å². The van der Waals surface area contributed by atoms with Crippen molar-refractivity contribution in [2.75, 3.05) is 44.2 Å². The van der Waals surface area contributed by atoms with Crippen LogP contribution in [0.3, 0.4) is 0 Å². The van der Waals surface area contributed by atoms with Crippen LogP contribution in [-0.2, 0) is 6.42 Å². The number of rotatable bonds is 7. The number of nitrogens with zero attached hydrogens (tertiary/aromatic N) is 6. The van der Waals surface area contributed by atoms with Crippen LogP contribution < -0.4 is 16.4 Å². The fourth-order valence-corrected chi connectivity index (χ4v) is 5.24. The van der Waals surface area contributed by atoms with Gasteiger partial charge in [-0.1, -0.05) is 6.92 Å². The second-order valence-electron chi connectivity index (χ2n) is 8.43. The van der Waals surface area contributed by atoms with Crippen LogP contribution in [0.5, 0.6) is 0 Å². The molecule has 1 atom stereocenters. The Labute approximate surface area is 202 Å². The predicted octanol–water partition coefficient (Wildman–Crippen LogP) is 2.68. The highest BCUT2D eigenvalue weighted by molar-refractivity contribution is 7.10. The molecular formula is C24H29FN8S. The predicted molar refractivity (Wildman–Crippen MR) is 134 cm³/mol. The van der Waals surface area contributed by atoms with Crippen molar-refractivity contribution >= 4 is 22.8 Å². The van der Waals surface area contributed by atoms with Crippen molar-refractivity contribution in [3.63, 3.8) is 0 Å². The van der Waals surface area contributed by atoms with Gasteiger partial charge in [0.2, 0.25) is 0 Å². The highest BCUT2D eigenvalue weighted by atomic mass is 32.1. The van der Waals surface area contributed by atoms with Crippen molar-refractivity contribution in [2.45, 2.75) is 19.4 Å². The van der Waals surface area contributed by atoms with E-state index in [0.29, 0.717) is 6.54 Å². The lowest BCUT2D eigenvalue weighted by Crippen LogP contribution is -2.48. The maximum atomic E-state index is 13.3. The minimum Gasteiger partial charge on any atom is -0.353 e. The van der Waals surface area contributed by atoms with Crippen molar-refractivity contribution in [3.8, 4) is 11.3 Å². The Morgan fingerprint density at radius 2 is 1.82 bits per heavy atom. The van der Waals surface area contributed by atoms with Crippen LogP contribution in [0.2, 0.25) is 0 Å². The first-order valence-corrected chi connectivity index (χ1v) is 12.5. The molecular weight excluding hydrogens is 451 g/mol. The van der Waals surface area contributed by atoms with Gasteiger partial charge in [-0.15, -0.1) is 16.4 Å². The summed E-state index contributed by atoms with van der Waals surface area (Å²) in [5.74, 6) is 0.649. The van der Waals surface area contributed by atoms with Crippen molar-refractivity contribution in [2.24, 2.45) is 11.5 Å². The standard InChI is InChI=1S/C24H29FN8S/c1-2-18-23(22(27)24-29-19(15-34-24)16-3-5-17(25)6-4-16)33-20(28-18)7-8-21(30-33)32-13-11-31(10-9-26)12-14-32/h3-8,15,22H,2,9-14,26-27H2,1H3. The third kappa shape index (κ3) is 4.41. The number of benzene rings is 1. The van der Waals surface area contributed by atoms with Gasteiger partial charge in [-0.2, -0.15) is 0 Å². The Hall–Kier alpha value is -2.92. The van der Waals surface area contributed by atoms with E-state index in [1.165, 1.54) is 23.5 Å². The number of nitrogens with two attached hydrogens (primary N) is 2. The van der Waals surface area contributed by atoms with Gasteiger partial charge in [0.25, 0.3) is 0 Å².